The summed E-state index contributed by atoms with van der Waals surface area (Å²) in [7, 11) is 0. The van der Waals surface area contributed by atoms with Crippen LogP contribution in [-0.2, 0) is 16.1 Å². The summed E-state index contributed by atoms with van der Waals surface area (Å²) in [6.07, 6.45) is 1.28. The number of piperazine rings is 1. The minimum absolute atomic E-state index is 0.113. The van der Waals surface area contributed by atoms with Crippen molar-refractivity contribution in [3.05, 3.63) is 22.4 Å². The fourth-order valence-electron chi connectivity index (χ4n) is 3.00. The molecular weight excluding hydrogens is 286 g/mol. The molecule has 5 nitrogen and oxygen atoms in total. The third-order valence-corrected chi connectivity index (χ3v) is 5.29. The highest BCUT2D eigenvalue weighted by Gasteiger charge is 2.39. The average molecular weight is 309 g/mol. The molecule has 0 atom stereocenters. The second-order valence-corrected chi connectivity index (χ2v) is 6.95. The highest BCUT2D eigenvalue weighted by Crippen LogP contribution is 2.22. The third-order valence-electron chi connectivity index (χ3n) is 4.43. The Morgan fingerprint density at radius 2 is 2.00 bits per heavy atom. The Morgan fingerprint density at radius 3 is 2.62 bits per heavy atom. The van der Waals surface area contributed by atoms with Gasteiger partial charge in [-0.25, -0.2) is 0 Å². The topological polar surface area (TPSA) is 58.8 Å². The Hall–Kier alpha value is -0.950. The summed E-state index contributed by atoms with van der Waals surface area (Å²) in [5.74, 6) is 0.113. The van der Waals surface area contributed by atoms with Crippen LogP contribution in [0.3, 0.4) is 0 Å². The van der Waals surface area contributed by atoms with Crippen molar-refractivity contribution in [1.29, 1.82) is 0 Å². The fourth-order valence-corrected chi connectivity index (χ4v) is 3.74. The van der Waals surface area contributed by atoms with Crippen LogP contribution in [0.25, 0.3) is 0 Å². The van der Waals surface area contributed by atoms with Crippen molar-refractivity contribution in [2.45, 2.75) is 24.9 Å². The predicted molar refractivity (Wildman–Crippen MR) is 83.1 cm³/mol. The molecule has 0 unspecified atom stereocenters. The van der Waals surface area contributed by atoms with Crippen LogP contribution in [0, 0.1) is 0 Å². The van der Waals surface area contributed by atoms with Gasteiger partial charge in [-0.15, -0.1) is 11.3 Å². The number of hydrogen-bond acceptors (Lipinski definition) is 5. The molecule has 3 rings (SSSR count). The first-order valence-corrected chi connectivity index (χ1v) is 8.46. The van der Waals surface area contributed by atoms with Gasteiger partial charge in [-0.2, -0.15) is 0 Å². The van der Waals surface area contributed by atoms with E-state index in [0.717, 1.165) is 32.7 Å². The van der Waals surface area contributed by atoms with E-state index in [1.165, 1.54) is 4.88 Å². The lowest BCUT2D eigenvalue weighted by molar-refractivity contribution is -0.142. The van der Waals surface area contributed by atoms with Gasteiger partial charge < -0.3 is 15.4 Å². The van der Waals surface area contributed by atoms with Gasteiger partial charge in [0, 0.05) is 50.8 Å². The molecule has 2 N–H and O–H groups in total. The summed E-state index contributed by atoms with van der Waals surface area (Å²) < 4.78 is 5.32. The van der Waals surface area contributed by atoms with Gasteiger partial charge in [0.05, 0.1) is 5.54 Å². The summed E-state index contributed by atoms with van der Waals surface area (Å²) in [4.78, 5) is 18.4. The summed E-state index contributed by atoms with van der Waals surface area (Å²) in [5, 5.41) is 2.11. The molecule has 0 bridgehead atoms. The van der Waals surface area contributed by atoms with Crippen LogP contribution in [0.4, 0.5) is 0 Å². The van der Waals surface area contributed by atoms with Crippen molar-refractivity contribution in [3.63, 3.8) is 0 Å². The van der Waals surface area contributed by atoms with Gasteiger partial charge in [0.25, 0.3) is 0 Å². The summed E-state index contributed by atoms with van der Waals surface area (Å²) in [6, 6.07) is 4.25. The second kappa shape index (κ2) is 6.44. The first-order valence-electron chi connectivity index (χ1n) is 7.58. The van der Waals surface area contributed by atoms with E-state index in [2.05, 4.69) is 22.4 Å². The van der Waals surface area contributed by atoms with Crippen LogP contribution in [-0.4, -0.2) is 60.6 Å². The molecule has 2 saturated heterocycles. The molecule has 0 saturated carbocycles. The summed E-state index contributed by atoms with van der Waals surface area (Å²) in [5.41, 5.74) is 5.59. The van der Waals surface area contributed by atoms with Gasteiger partial charge in [0.1, 0.15) is 0 Å². The molecule has 0 radical (unpaired) electrons. The second-order valence-electron chi connectivity index (χ2n) is 5.92. The number of hydrogen-bond donors (Lipinski definition) is 1. The smallest absolute Gasteiger partial charge is 0.242 e. The molecule has 2 aliphatic heterocycles. The molecule has 1 aromatic rings. The van der Waals surface area contributed by atoms with E-state index in [4.69, 9.17) is 10.5 Å². The molecule has 0 aliphatic carbocycles. The van der Waals surface area contributed by atoms with E-state index in [0.29, 0.717) is 26.1 Å². The lowest BCUT2D eigenvalue weighted by atomic mass is 9.89. The molecule has 1 amide bonds. The molecule has 2 fully saturated rings. The molecule has 6 heteroatoms. The van der Waals surface area contributed by atoms with Gasteiger partial charge in [0.2, 0.25) is 5.91 Å². The van der Waals surface area contributed by atoms with Gasteiger partial charge in [0.15, 0.2) is 0 Å². The number of amides is 1. The van der Waals surface area contributed by atoms with Crippen LogP contribution < -0.4 is 5.73 Å². The SMILES string of the molecule is NC1(C(=O)N2CCN(Cc3cccs3)CC2)CCOCC1. The molecule has 116 valence electrons. The van der Waals surface area contributed by atoms with Crippen molar-refractivity contribution in [1.82, 2.24) is 9.80 Å². The Morgan fingerprint density at radius 1 is 1.29 bits per heavy atom. The minimum atomic E-state index is -0.700. The highest BCUT2D eigenvalue weighted by atomic mass is 32.1. The first kappa shape index (κ1) is 15.0. The van der Waals surface area contributed by atoms with E-state index in [1.807, 2.05) is 4.90 Å². The summed E-state index contributed by atoms with van der Waals surface area (Å²) in [6.45, 7) is 5.60. The van der Waals surface area contributed by atoms with Gasteiger partial charge >= 0.3 is 0 Å². The van der Waals surface area contributed by atoms with Crippen molar-refractivity contribution < 1.29 is 9.53 Å². The maximum absolute atomic E-state index is 12.6. The maximum Gasteiger partial charge on any atom is 0.242 e. The van der Waals surface area contributed by atoms with Crippen LogP contribution in [0.5, 0.6) is 0 Å². The van der Waals surface area contributed by atoms with E-state index in [-0.39, 0.29) is 5.91 Å². The summed E-state index contributed by atoms with van der Waals surface area (Å²) >= 11 is 1.79. The van der Waals surface area contributed by atoms with Crippen LogP contribution in [0.2, 0.25) is 0 Å². The number of carbonyl (C=O) groups excluding carboxylic acids is 1. The zero-order valence-corrected chi connectivity index (χ0v) is 13.1. The predicted octanol–water partition coefficient (Wildman–Crippen LogP) is 0.900. The highest BCUT2D eigenvalue weighted by molar-refractivity contribution is 7.09. The number of nitrogens with two attached hydrogens (primary N) is 1. The van der Waals surface area contributed by atoms with Crippen molar-refractivity contribution in [2.75, 3.05) is 39.4 Å². The number of rotatable bonds is 3. The Balaban J connectivity index is 1.52. The molecular formula is C15H23N3O2S. The normalized spacial score (nSPS) is 23.2. The van der Waals surface area contributed by atoms with Gasteiger partial charge in [-0.1, -0.05) is 6.07 Å². The van der Waals surface area contributed by atoms with E-state index < -0.39 is 5.54 Å². The monoisotopic (exact) mass is 309 g/mol. The molecule has 21 heavy (non-hydrogen) atoms. The third kappa shape index (κ3) is 3.45. The number of carbonyl (C=O) groups is 1. The Labute approximate surface area is 129 Å². The zero-order valence-electron chi connectivity index (χ0n) is 12.3. The number of nitrogens with zero attached hydrogens (tertiary/aromatic N) is 2. The van der Waals surface area contributed by atoms with E-state index >= 15 is 0 Å². The average Bonchev–Trinajstić information content (AvgIpc) is 3.01. The molecule has 0 spiro atoms. The standard InChI is InChI=1S/C15H23N3O2S/c16-15(3-9-20-10-4-15)14(19)18-7-5-17(6-8-18)12-13-2-1-11-21-13/h1-2,11H,3-10,12,16H2. The van der Waals surface area contributed by atoms with Crippen molar-refractivity contribution in [3.8, 4) is 0 Å². The van der Waals surface area contributed by atoms with Crippen LogP contribution >= 0.6 is 11.3 Å². The van der Waals surface area contributed by atoms with Gasteiger partial charge in [-0.3, -0.25) is 9.69 Å². The number of thiophene rings is 1. The van der Waals surface area contributed by atoms with Crippen LogP contribution in [0.1, 0.15) is 17.7 Å². The Kier molecular flexibility index (Phi) is 4.59. The largest absolute Gasteiger partial charge is 0.381 e. The van der Waals surface area contributed by atoms with Gasteiger partial charge in [-0.05, 0) is 24.3 Å². The quantitative estimate of drug-likeness (QED) is 0.901. The van der Waals surface area contributed by atoms with Crippen molar-refractivity contribution >= 4 is 17.2 Å². The maximum atomic E-state index is 12.6. The minimum Gasteiger partial charge on any atom is -0.381 e. The first-order chi connectivity index (χ1) is 10.2. The Bertz CT molecular complexity index is 463. The molecule has 2 aliphatic rings. The number of ether oxygens (including phenoxy) is 1. The zero-order chi connectivity index (χ0) is 14.7. The molecule has 0 aromatic carbocycles. The van der Waals surface area contributed by atoms with E-state index in [1.54, 1.807) is 11.3 Å². The lowest BCUT2D eigenvalue weighted by Crippen LogP contribution is -2.61. The molecule has 3 heterocycles. The van der Waals surface area contributed by atoms with Crippen LogP contribution in [0.15, 0.2) is 17.5 Å². The van der Waals surface area contributed by atoms with E-state index in [9.17, 15) is 4.79 Å². The fraction of sp³-hybridized carbons (Fsp3) is 0.667. The van der Waals surface area contributed by atoms with Crippen molar-refractivity contribution in [2.24, 2.45) is 5.73 Å². The molecule has 1 aromatic heterocycles. The lowest BCUT2D eigenvalue weighted by Gasteiger charge is -2.40.